The topological polar surface area (TPSA) is 63.4 Å². The summed E-state index contributed by atoms with van der Waals surface area (Å²) in [6, 6.07) is 5.46. The molecule has 2 rings (SSSR count). The van der Waals surface area contributed by atoms with Gasteiger partial charge < -0.3 is 4.52 Å². The van der Waals surface area contributed by atoms with Gasteiger partial charge in [0.05, 0.1) is 0 Å². The zero-order valence-electron chi connectivity index (χ0n) is 12.3. The fourth-order valence-electron chi connectivity index (χ4n) is 2.20. The van der Waals surface area contributed by atoms with E-state index in [2.05, 4.69) is 5.16 Å². The quantitative estimate of drug-likeness (QED) is 0.871. The molecule has 0 saturated carbocycles. The standard InChI is InChI=1S/C14H17FN2O3S/c1-9-14(11(3)20-16-9)21(18,19)17(4)10(2)12-7-5-6-8-13(12)15/h5-8,10H,1-4H3/t10-/m1/s1. The fraction of sp³-hybridized carbons (Fsp3) is 0.357. The summed E-state index contributed by atoms with van der Waals surface area (Å²) in [6.07, 6.45) is 0. The van der Waals surface area contributed by atoms with Crippen LogP contribution in [-0.4, -0.2) is 24.9 Å². The first-order chi connectivity index (χ1) is 9.76. The monoisotopic (exact) mass is 312 g/mol. The van der Waals surface area contributed by atoms with E-state index < -0.39 is 21.9 Å². The van der Waals surface area contributed by atoms with Crippen LogP contribution in [0.2, 0.25) is 0 Å². The lowest BCUT2D eigenvalue weighted by molar-refractivity contribution is 0.380. The van der Waals surface area contributed by atoms with E-state index in [1.165, 1.54) is 20.0 Å². The molecule has 0 aliphatic rings. The summed E-state index contributed by atoms with van der Waals surface area (Å²) in [5.41, 5.74) is 0.607. The van der Waals surface area contributed by atoms with Crippen molar-refractivity contribution in [3.05, 3.63) is 47.1 Å². The number of benzene rings is 1. The molecule has 0 fully saturated rings. The average molecular weight is 312 g/mol. The van der Waals surface area contributed by atoms with Gasteiger partial charge in [0, 0.05) is 18.7 Å². The molecule has 1 aromatic heterocycles. The summed E-state index contributed by atoms with van der Waals surface area (Å²) >= 11 is 0. The number of halogens is 1. The summed E-state index contributed by atoms with van der Waals surface area (Å²) in [4.78, 5) is 0.0354. The van der Waals surface area contributed by atoms with E-state index >= 15 is 0 Å². The third-order valence-corrected chi connectivity index (χ3v) is 5.68. The van der Waals surface area contributed by atoms with Crippen molar-refractivity contribution in [2.24, 2.45) is 0 Å². The van der Waals surface area contributed by atoms with E-state index in [1.807, 2.05) is 0 Å². The predicted octanol–water partition coefficient (Wildman–Crippen LogP) is 2.81. The molecule has 1 heterocycles. The molecule has 21 heavy (non-hydrogen) atoms. The molecule has 0 aliphatic heterocycles. The molecule has 7 heteroatoms. The maximum absolute atomic E-state index is 13.8. The third kappa shape index (κ3) is 2.71. The van der Waals surface area contributed by atoms with Crippen LogP contribution in [0, 0.1) is 19.7 Å². The number of rotatable bonds is 4. The minimum Gasteiger partial charge on any atom is -0.360 e. The highest BCUT2D eigenvalue weighted by atomic mass is 32.2. The molecule has 0 N–H and O–H groups in total. The minimum atomic E-state index is -3.81. The van der Waals surface area contributed by atoms with Crippen LogP contribution in [-0.2, 0) is 10.0 Å². The molecule has 0 aliphatic carbocycles. The van der Waals surface area contributed by atoms with Crippen LogP contribution in [0.3, 0.4) is 0 Å². The lowest BCUT2D eigenvalue weighted by Gasteiger charge is -2.24. The van der Waals surface area contributed by atoms with Crippen LogP contribution >= 0.6 is 0 Å². The molecule has 0 amide bonds. The average Bonchev–Trinajstić information content (AvgIpc) is 2.77. The highest BCUT2D eigenvalue weighted by Crippen LogP contribution is 2.30. The molecular weight excluding hydrogens is 295 g/mol. The van der Waals surface area contributed by atoms with Crippen LogP contribution in [0.1, 0.15) is 30.0 Å². The normalized spacial score (nSPS) is 13.6. The molecule has 0 radical (unpaired) electrons. The second-order valence-electron chi connectivity index (χ2n) is 4.87. The molecule has 0 spiro atoms. The molecule has 5 nitrogen and oxygen atoms in total. The summed E-state index contributed by atoms with van der Waals surface area (Å²) in [5.74, 6) is -0.217. The van der Waals surface area contributed by atoms with E-state index in [-0.39, 0.29) is 10.7 Å². The van der Waals surface area contributed by atoms with Crippen molar-refractivity contribution < 1.29 is 17.3 Å². The molecular formula is C14H17FN2O3S. The van der Waals surface area contributed by atoms with Crippen LogP contribution in [0.4, 0.5) is 4.39 Å². The Morgan fingerprint density at radius 3 is 2.43 bits per heavy atom. The Labute approximate surface area is 123 Å². The van der Waals surface area contributed by atoms with Gasteiger partial charge in [0.15, 0.2) is 5.76 Å². The summed E-state index contributed by atoms with van der Waals surface area (Å²) in [7, 11) is -2.40. The largest absolute Gasteiger partial charge is 0.360 e. The second kappa shape index (κ2) is 5.57. The first-order valence-electron chi connectivity index (χ1n) is 6.42. The molecule has 114 valence electrons. The van der Waals surface area contributed by atoms with Crippen LogP contribution in [0.5, 0.6) is 0 Å². The van der Waals surface area contributed by atoms with Crippen molar-refractivity contribution in [3.63, 3.8) is 0 Å². The van der Waals surface area contributed by atoms with Gasteiger partial charge in [0.2, 0.25) is 10.0 Å². The van der Waals surface area contributed by atoms with Crippen LogP contribution in [0.25, 0.3) is 0 Å². The van der Waals surface area contributed by atoms with E-state index in [0.29, 0.717) is 11.3 Å². The van der Waals surface area contributed by atoms with Crippen molar-refractivity contribution in [1.82, 2.24) is 9.46 Å². The predicted molar refractivity (Wildman–Crippen MR) is 75.7 cm³/mol. The zero-order valence-corrected chi connectivity index (χ0v) is 13.1. The smallest absolute Gasteiger partial charge is 0.248 e. The van der Waals surface area contributed by atoms with Crippen molar-refractivity contribution in [2.45, 2.75) is 31.7 Å². The number of hydrogen-bond donors (Lipinski definition) is 0. The Hall–Kier alpha value is -1.73. The Balaban J connectivity index is 2.44. The molecule has 0 bridgehead atoms. The number of hydrogen-bond acceptors (Lipinski definition) is 4. The van der Waals surface area contributed by atoms with Crippen molar-refractivity contribution in [2.75, 3.05) is 7.05 Å². The van der Waals surface area contributed by atoms with Gasteiger partial charge in [-0.2, -0.15) is 4.31 Å². The second-order valence-corrected chi connectivity index (χ2v) is 6.81. The molecule has 0 saturated heterocycles. The lowest BCUT2D eigenvalue weighted by atomic mass is 10.1. The van der Waals surface area contributed by atoms with Gasteiger partial charge in [-0.25, -0.2) is 12.8 Å². The molecule has 1 aromatic carbocycles. The highest BCUT2D eigenvalue weighted by molar-refractivity contribution is 7.89. The van der Waals surface area contributed by atoms with E-state index in [0.717, 1.165) is 4.31 Å². The zero-order chi connectivity index (χ0) is 15.8. The van der Waals surface area contributed by atoms with Gasteiger partial charge in [-0.15, -0.1) is 0 Å². The van der Waals surface area contributed by atoms with Gasteiger partial charge in [-0.1, -0.05) is 23.4 Å². The summed E-state index contributed by atoms with van der Waals surface area (Å²) < 4.78 is 45.2. The Morgan fingerprint density at radius 2 is 1.90 bits per heavy atom. The van der Waals surface area contributed by atoms with Gasteiger partial charge in [-0.05, 0) is 26.8 Å². The SMILES string of the molecule is Cc1noc(C)c1S(=O)(=O)N(C)[C@H](C)c1ccccc1F. The fourth-order valence-corrected chi connectivity index (χ4v) is 3.83. The van der Waals surface area contributed by atoms with Gasteiger partial charge in [-0.3, -0.25) is 0 Å². The first-order valence-corrected chi connectivity index (χ1v) is 7.86. The number of sulfonamides is 1. The van der Waals surface area contributed by atoms with Crippen LogP contribution < -0.4 is 0 Å². The van der Waals surface area contributed by atoms with Gasteiger partial charge >= 0.3 is 0 Å². The number of nitrogens with zero attached hydrogens (tertiary/aromatic N) is 2. The minimum absolute atomic E-state index is 0.0354. The molecule has 1 atom stereocenters. The summed E-state index contributed by atoms with van der Waals surface area (Å²) in [5, 5.41) is 3.66. The van der Waals surface area contributed by atoms with Gasteiger partial charge in [0.25, 0.3) is 0 Å². The summed E-state index contributed by atoms with van der Waals surface area (Å²) in [6.45, 7) is 4.73. The third-order valence-electron chi connectivity index (χ3n) is 3.51. The number of aryl methyl sites for hydroxylation is 2. The van der Waals surface area contributed by atoms with Gasteiger partial charge in [0.1, 0.15) is 16.4 Å². The maximum Gasteiger partial charge on any atom is 0.248 e. The Bertz CT molecular complexity index is 736. The number of aromatic nitrogens is 1. The van der Waals surface area contributed by atoms with Crippen molar-refractivity contribution in [1.29, 1.82) is 0 Å². The van der Waals surface area contributed by atoms with Crippen LogP contribution in [0.15, 0.2) is 33.7 Å². The highest BCUT2D eigenvalue weighted by Gasteiger charge is 2.32. The lowest BCUT2D eigenvalue weighted by Crippen LogP contribution is -2.31. The van der Waals surface area contributed by atoms with Crippen molar-refractivity contribution in [3.8, 4) is 0 Å². The Kier molecular flexibility index (Phi) is 4.15. The van der Waals surface area contributed by atoms with E-state index in [1.54, 1.807) is 32.0 Å². The maximum atomic E-state index is 13.8. The van der Waals surface area contributed by atoms with E-state index in [9.17, 15) is 12.8 Å². The molecule has 0 unspecified atom stereocenters. The van der Waals surface area contributed by atoms with E-state index in [4.69, 9.17) is 4.52 Å². The first kappa shape index (κ1) is 15.7. The molecule has 2 aromatic rings. The van der Waals surface area contributed by atoms with Crippen molar-refractivity contribution >= 4 is 10.0 Å². The Morgan fingerprint density at radius 1 is 1.29 bits per heavy atom.